The summed E-state index contributed by atoms with van der Waals surface area (Å²) in [6.07, 6.45) is 5.15. The largest absolute Gasteiger partial charge is 0.321 e. The minimum Gasteiger partial charge on any atom is -0.321 e. The average Bonchev–Trinajstić information content (AvgIpc) is 2.62. The van der Waals surface area contributed by atoms with Gasteiger partial charge in [0.2, 0.25) is 0 Å². The summed E-state index contributed by atoms with van der Waals surface area (Å²) in [5.41, 5.74) is 1.65. The molecule has 0 N–H and O–H groups in total. The number of unbranched alkanes of at least 4 members (excludes halogenated alkanes) is 1. The number of nitrogens with zero attached hydrogens (tertiary/aromatic N) is 2. The lowest BCUT2D eigenvalue weighted by Crippen LogP contribution is -1.96. The Kier molecular flexibility index (Phi) is 3.56. The van der Waals surface area contributed by atoms with Crippen molar-refractivity contribution in [1.82, 2.24) is 9.55 Å². The van der Waals surface area contributed by atoms with E-state index in [2.05, 4.69) is 33.9 Å². The second kappa shape index (κ2) is 4.92. The maximum Gasteiger partial charge on any atom is 0.177 e. The molecule has 0 aliphatic rings. The van der Waals surface area contributed by atoms with Gasteiger partial charge in [0.25, 0.3) is 0 Å². The van der Waals surface area contributed by atoms with Crippen LogP contribution in [0.2, 0.25) is 0 Å². The Morgan fingerprint density at radius 2 is 2.27 bits per heavy atom. The lowest BCUT2D eigenvalue weighted by Gasteiger charge is -2.02. The van der Waals surface area contributed by atoms with Gasteiger partial charge >= 0.3 is 0 Å². The first-order chi connectivity index (χ1) is 7.31. The predicted octanol–water partition coefficient (Wildman–Crippen LogP) is 3.19. The third-order valence-corrected chi connectivity index (χ3v) is 3.05. The van der Waals surface area contributed by atoms with Gasteiger partial charge in [-0.2, -0.15) is 0 Å². The van der Waals surface area contributed by atoms with Crippen molar-refractivity contribution in [2.75, 3.05) is 4.43 Å². The Morgan fingerprint density at radius 1 is 1.40 bits per heavy atom. The van der Waals surface area contributed by atoms with Crippen LogP contribution in [0.25, 0.3) is 11.0 Å². The highest BCUT2D eigenvalue weighted by Gasteiger charge is 2.03. The van der Waals surface area contributed by atoms with E-state index in [1.807, 2.05) is 4.57 Å². The average molecular weight is 317 g/mol. The molecule has 0 aliphatic heterocycles. The van der Waals surface area contributed by atoms with Crippen LogP contribution in [-0.4, -0.2) is 14.0 Å². The van der Waals surface area contributed by atoms with Crippen LogP contribution in [0, 0.1) is 12.1 Å². The SMILES string of the molecule is Fc1ccc2n[c]n(CCCCI)c2c1. The zero-order valence-electron chi connectivity index (χ0n) is 8.21. The maximum atomic E-state index is 13.0. The standard InChI is InChI=1S/C11H11FIN2/c12-9-3-4-10-11(7-9)15(8-14-10)6-2-1-5-13/h3-4,7H,1-2,5-6H2. The quantitative estimate of drug-likeness (QED) is 0.481. The minimum atomic E-state index is -0.216. The van der Waals surface area contributed by atoms with E-state index in [1.54, 1.807) is 6.07 Å². The van der Waals surface area contributed by atoms with Crippen molar-refractivity contribution in [1.29, 1.82) is 0 Å². The van der Waals surface area contributed by atoms with Crippen molar-refractivity contribution in [3.05, 3.63) is 30.3 Å². The zero-order chi connectivity index (χ0) is 10.7. The topological polar surface area (TPSA) is 17.8 Å². The van der Waals surface area contributed by atoms with E-state index in [9.17, 15) is 4.39 Å². The molecular formula is C11H11FIN2. The van der Waals surface area contributed by atoms with Gasteiger partial charge in [-0.15, -0.1) is 0 Å². The smallest absolute Gasteiger partial charge is 0.177 e. The highest BCUT2D eigenvalue weighted by atomic mass is 127. The van der Waals surface area contributed by atoms with Crippen LogP contribution in [0.15, 0.2) is 18.2 Å². The Balaban J connectivity index is 2.23. The number of fused-ring (bicyclic) bond motifs is 1. The number of halogens is 2. The fraction of sp³-hybridized carbons (Fsp3) is 0.364. The molecule has 2 nitrogen and oxygen atoms in total. The summed E-state index contributed by atoms with van der Waals surface area (Å²) in [4.78, 5) is 4.11. The van der Waals surface area contributed by atoms with Gasteiger partial charge in [-0.05, 0) is 35.5 Å². The summed E-state index contributed by atoms with van der Waals surface area (Å²) >= 11 is 2.36. The minimum absolute atomic E-state index is 0.216. The van der Waals surface area contributed by atoms with Crippen LogP contribution in [0.3, 0.4) is 0 Å². The van der Waals surface area contributed by atoms with E-state index in [-0.39, 0.29) is 5.82 Å². The van der Waals surface area contributed by atoms with Crippen molar-refractivity contribution < 1.29 is 4.39 Å². The van der Waals surface area contributed by atoms with Gasteiger partial charge in [-0.3, -0.25) is 0 Å². The van der Waals surface area contributed by atoms with Gasteiger partial charge < -0.3 is 4.57 Å². The van der Waals surface area contributed by atoms with Gasteiger partial charge in [0, 0.05) is 6.54 Å². The van der Waals surface area contributed by atoms with Crippen molar-refractivity contribution in [3.8, 4) is 0 Å². The number of alkyl halides is 1. The normalized spacial score (nSPS) is 11.1. The number of hydrogen-bond donors (Lipinski definition) is 0. The molecule has 0 bridgehead atoms. The van der Waals surface area contributed by atoms with Crippen LogP contribution in [0.1, 0.15) is 12.8 Å². The van der Waals surface area contributed by atoms with Gasteiger partial charge in [0.1, 0.15) is 5.82 Å². The summed E-state index contributed by atoms with van der Waals surface area (Å²) in [5, 5.41) is 0. The molecule has 79 valence electrons. The summed E-state index contributed by atoms with van der Waals surface area (Å²) in [7, 11) is 0. The van der Waals surface area contributed by atoms with Crippen molar-refractivity contribution >= 4 is 33.6 Å². The first-order valence-corrected chi connectivity index (χ1v) is 6.43. The molecule has 1 aromatic heterocycles. The molecule has 2 aromatic rings. The van der Waals surface area contributed by atoms with Crippen molar-refractivity contribution in [2.24, 2.45) is 0 Å². The third-order valence-electron chi connectivity index (χ3n) is 2.28. The molecule has 0 saturated carbocycles. The van der Waals surface area contributed by atoms with E-state index in [4.69, 9.17) is 0 Å². The molecule has 0 fully saturated rings. The number of aromatic nitrogens is 2. The molecule has 0 saturated heterocycles. The van der Waals surface area contributed by atoms with E-state index < -0.39 is 0 Å². The van der Waals surface area contributed by atoms with Gasteiger partial charge in [0.15, 0.2) is 6.33 Å². The molecule has 0 amide bonds. The summed E-state index contributed by atoms with van der Waals surface area (Å²) in [6, 6.07) is 4.64. The summed E-state index contributed by atoms with van der Waals surface area (Å²) in [6.45, 7) is 0.864. The van der Waals surface area contributed by atoms with Crippen molar-refractivity contribution in [3.63, 3.8) is 0 Å². The molecule has 0 atom stereocenters. The number of hydrogen-bond acceptors (Lipinski definition) is 1. The van der Waals surface area contributed by atoms with Crippen LogP contribution >= 0.6 is 22.6 Å². The highest BCUT2D eigenvalue weighted by molar-refractivity contribution is 14.1. The van der Waals surface area contributed by atoms with E-state index in [0.717, 1.165) is 28.4 Å². The Morgan fingerprint density at radius 3 is 3.07 bits per heavy atom. The molecule has 15 heavy (non-hydrogen) atoms. The summed E-state index contributed by atoms with van der Waals surface area (Å²) in [5.74, 6) is -0.216. The van der Waals surface area contributed by atoms with E-state index in [1.165, 1.54) is 18.6 Å². The van der Waals surface area contributed by atoms with Crippen LogP contribution in [0.5, 0.6) is 0 Å². The Labute approximate surface area is 102 Å². The number of imidazole rings is 1. The molecule has 0 unspecified atom stereocenters. The molecule has 1 aromatic carbocycles. The lowest BCUT2D eigenvalue weighted by molar-refractivity contribution is 0.623. The molecule has 1 heterocycles. The molecule has 0 spiro atoms. The second-order valence-corrected chi connectivity index (χ2v) is 4.47. The predicted molar refractivity (Wildman–Crippen MR) is 66.6 cm³/mol. The third kappa shape index (κ3) is 2.48. The number of rotatable bonds is 4. The van der Waals surface area contributed by atoms with Gasteiger partial charge in [-0.1, -0.05) is 22.6 Å². The van der Waals surface area contributed by atoms with Gasteiger partial charge in [0.05, 0.1) is 11.0 Å². The first-order valence-electron chi connectivity index (χ1n) is 4.90. The second-order valence-electron chi connectivity index (χ2n) is 3.39. The van der Waals surface area contributed by atoms with Crippen LogP contribution in [-0.2, 0) is 6.54 Å². The maximum absolute atomic E-state index is 13.0. The number of aryl methyl sites for hydroxylation is 1. The Hall–Kier alpha value is -0.650. The van der Waals surface area contributed by atoms with Crippen molar-refractivity contribution in [2.45, 2.75) is 19.4 Å². The highest BCUT2D eigenvalue weighted by Crippen LogP contribution is 2.14. The molecule has 0 aliphatic carbocycles. The summed E-state index contributed by atoms with van der Waals surface area (Å²) < 4.78 is 16.1. The molecular weight excluding hydrogens is 306 g/mol. The zero-order valence-corrected chi connectivity index (χ0v) is 10.4. The Bertz CT molecular complexity index is 453. The fourth-order valence-electron chi connectivity index (χ4n) is 1.51. The lowest BCUT2D eigenvalue weighted by atomic mass is 10.3. The van der Waals surface area contributed by atoms with Crippen LogP contribution < -0.4 is 0 Å². The van der Waals surface area contributed by atoms with Crippen LogP contribution in [0.4, 0.5) is 4.39 Å². The fourth-order valence-corrected chi connectivity index (χ4v) is 2.05. The van der Waals surface area contributed by atoms with E-state index in [0.29, 0.717) is 0 Å². The number of benzene rings is 1. The van der Waals surface area contributed by atoms with E-state index >= 15 is 0 Å². The molecule has 2 rings (SSSR count). The monoisotopic (exact) mass is 317 g/mol. The molecule has 1 radical (unpaired) electrons. The molecule has 4 heteroatoms. The van der Waals surface area contributed by atoms with Gasteiger partial charge in [-0.25, -0.2) is 9.37 Å². The first kappa shape index (κ1) is 10.9.